The number of piperidine rings is 1. The fraction of sp³-hybridized carbons (Fsp3) is 0.485. The van der Waals surface area contributed by atoms with E-state index in [2.05, 4.69) is 25.2 Å². The number of nitrogens with zero attached hydrogens (tertiary/aromatic N) is 5. The quantitative estimate of drug-likeness (QED) is 0.222. The van der Waals surface area contributed by atoms with E-state index in [1.807, 2.05) is 6.07 Å². The van der Waals surface area contributed by atoms with Crippen LogP contribution in [0.15, 0.2) is 12.4 Å². The molecule has 0 atom stereocenters. The average Bonchev–Trinajstić information content (AvgIpc) is 3.43. The molecule has 1 saturated carbocycles. The number of ether oxygens (including phenoxy) is 3. The Balaban J connectivity index is 1.26. The lowest BCUT2D eigenvalue weighted by molar-refractivity contribution is 0.0636. The highest BCUT2D eigenvalue weighted by Crippen LogP contribution is 2.48. The number of pyridine rings is 1. The zero-order valence-corrected chi connectivity index (χ0v) is 27.0. The third-order valence-corrected chi connectivity index (χ3v) is 9.96. The second-order valence-corrected chi connectivity index (χ2v) is 14.5. The van der Waals surface area contributed by atoms with Gasteiger partial charge in [0, 0.05) is 47.6 Å². The van der Waals surface area contributed by atoms with E-state index in [4.69, 9.17) is 14.2 Å². The van der Waals surface area contributed by atoms with Crippen LogP contribution in [-0.4, -0.2) is 64.0 Å². The van der Waals surface area contributed by atoms with Gasteiger partial charge in [-0.3, -0.25) is 10.3 Å². The minimum Gasteiger partial charge on any atom is -0.463 e. The Morgan fingerprint density at radius 1 is 1.19 bits per heavy atom. The molecule has 0 radical (unpaired) electrons. The molecule has 1 amide bonds. The molecule has 3 aromatic heterocycles. The average molecular weight is 667 g/mol. The highest BCUT2D eigenvalue weighted by molar-refractivity contribution is 7.23. The molecule has 14 heteroatoms. The monoisotopic (exact) mass is 666 g/mol. The number of hydrogen-bond donors (Lipinski definition) is 1. The lowest BCUT2D eigenvalue weighted by atomic mass is 9.94. The van der Waals surface area contributed by atoms with Crippen molar-refractivity contribution in [3.05, 3.63) is 40.7 Å². The summed E-state index contributed by atoms with van der Waals surface area (Å²) in [5.74, 6) is -1.46. The molecular formula is C33H33F3N6O4S. The molecule has 0 unspecified atom stereocenters. The largest absolute Gasteiger partial charge is 0.463 e. The van der Waals surface area contributed by atoms with Gasteiger partial charge in [-0.05, 0) is 57.6 Å². The number of hydrogen-bond acceptors (Lipinski definition) is 10. The summed E-state index contributed by atoms with van der Waals surface area (Å²) in [4.78, 5) is 28.0. The third kappa shape index (κ3) is 6.08. The Morgan fingerprint density at radius 2 is 1.94 bits per heavy atom. The van der Waals surface area contributed by atoms with Crippen LogP contribution in [0.2, 0.25) is 0 Å². The summed E-state index contributed by atoms with van der Waals surface area (Å²) in [6, 6.07) is 2.06. The first-order valence-electron chi connectivity index (χ1n) is 15.5. The van der Waals surface area contributed by atoms with Gasteiger partial charge in [0.15, 0.2) is 11.6 Å². The van der Waals surface area contributed by atoms with Crippen LogP contribution in [-0.2, 0) is 22.7 Å². The number of alkyl halides is 1. The van der Waals surface area contributed by atoms with Crippen LogP contribution in [0, 0.1) is 28.4 Å². The van der Waals surface area contributed by atoms with Crippen molar-refractivity contribution in [3.63, 3.8) is 0 Å². The number of nitrogens with one attached hydrogen (secondary N) is 1. The second-order valence-electron chi connectivity index (χ2n) is 13.5. The fourth-order valence-corrected chi connectivity index (χ4v) is 7.38. The van der Waals surface area contributed by atoms with Crippen LogP contribution in [0.4, 0.5) is 23.0 Å². The van der Waals surface area contributed by atoms with E-state index in [9.17, 15) is 14.4 Å². The molecule has 1 aromatic carbocycles. The van der Waals surface area contributed by atoms with E-state index in [1.165, 1.54) is 6.20 Å². The summed E-state index contributed by atoms with van der Waals surface area (Å²) in [5, 5.41) is 13.3. The Bertz CT molecular complexity index is 1940. The summed E-state index contributed by atoms with van der Waals surface area (Å²) in [6.07, 6.45) is 3.96. The van der Waals surface area contributed by atoms with Gasteiger partial charge in [-0.25, -0.2) is 22.9 Å². The number of carbonyl (C=O) groups is 1. The van der Waals surface area contributed by atoms with Crippen molar-refractivity contribution in [1.82, 2.24) is 19.9 Å². The Morgan fingerprint density at radius 3 is 2.64 bits per heavy atom. The lowest BCUT2D eigenvalue weighted by Crippen LogP contribution is -2.39. The second kappa shape index (κ2) is 11.9. The number of aromatic nitrogens is 3. The van der Waals surface area contributed by atoms with E-state index in [0.29, 0.717) is 36.0 Å². The van der Waals surface area contributed by atoms with Gasteiger partial charge in [0.2, 0.25) is 0 Å². The number of amides is 1. The smallest absolute Gasteiger partial charge is 0.412 e. The zero-order chi connectivity index (χ0) is 33.1. The number of fused-ring (bicyclic) bond motifs is 4. The summed E-state index contributed by atoms with van der Waals surface area (Å²) in [7, 11) is 0. The maximum atomic E-state index is 16.7. The van der Waals surface area contributed by atoms with E-state index in [0.717, 1.165) is 50.0 Å². The number of anilines is 1. The van der Waals surface area contributed by atoms with Crippen molar-refractivity contribution < 1.29 is 32.2 Å². The SMILES string of the molecule is CC(C)(C)OC(=O)Nc1sc2c(F)cnc(-c3c4c(c5cnc(OCC6(CN7CCC(F)CC7)CC6)nc5c3F)COC4)c2c1C#N. The molecule has 5 heterocycles. The molecule has 7 rings (SSSR count). The lowest BCUT2D eigenvalue weighted by Gasteiger charge is -2.31. The molecule has 1 saturated heterocycles. The van der Waals surface area contributed by atoms with Gasteiger partial charge in [0.05, 0.1) is 42.0 Å². The number of halogens is 3. The number of benzene rings is 1. The molecule has 10 nitrogen and oxygen atoms in total. The molecule has 246 valence electrons. The fourth-order valence-electron chi connectivity index (χ4n) is 6.34. The molecule has 0 spiro atoms. The van der Waals surface area contributed by atoms with Crippen molar-refractivity contribution in [2.75, 3.05) is 31.6 Å². The molecular weight excluding hydrogens is 633 g/mol. The number of nitriles is 1. The molecule has 47 heavy (non-hydrogen) atoms. The van der Waals surface area contributed by atoms with E-state index in [-0.39, 0.29) is 62.1 Å². The molecule has 2 fully saturated rings. The molecule has 1 aliphatic carbocycles. The Kier molecular flexibility index (Phi) is 7.97. The van der Waals surface area contributed by atoms with Gasteiger partial charge >= 0.3 is 12.1 Å². The van der Waals surface area contributed by atoms with Gasteiger partial charge in [-0.15, -0.1) is 11.3 Å². The predicted molar refractivity (Wildman–Crippen MR) is 169 cm³/mol. The maximum Gasteiger partial charge on any atom is 0.412 e. The zero-order valence-electron chi connectivity index (χ0n) is 26.2. The molecule has 2 aliphatic heterocycles. The summed E-state index contributed by atoms with van der Waals surface area (Å²) in [6.45, 7) is 7.91. The van der Waals surface area contributed by atoms with Crippen molar-refractivity contribution in [1.29, 1.82) is 5.26 Å². The maximum absolute atomic E-state index is 16.7. The highest BCUT2D eigenvalue weighted by atomic mass is 32.1. The molecule has 0 bridgehead atoms. The minimum atomic E-state index is -0.816. The van der Waals surface area contributed by atoms with E-state index < -0.39 is 29.5 Å². The van der Waals surface area contributed by atoms with Crippen molar-refractivity contribution in [2.24, 2.45) is 5.41 Å². The van der Waals surface area contributed by atoms with Crippen molar-refractivity contribution in [2.45, 2.75) is 71.4 Å². The highest BCUT2D eigenvalue weighted by Gasteiger charge is 2.45. The minimum absolute atomic E-state index is 0.00997. The van der Waals surface area contributed by atoms with Crippen LogP contribution >= 0.6 is 11.3 Å². The molecule has 4 aromatic rings. The van der Waals surface area contributed by atoms with Gasteiger partial charge in [-0.1, -0.05) is 0 Å². The number of carbonyl (C=O) groups excluding carboxylic acids is 1. The first-order valence-corrected chi connectivity index (χ1v) is 16.4. The Labute approximate surface area is 272 Å². The standard InChI is InChI=1S/C33H33F3N6O4S/c1-32(2,3)46-31(43)41-29-18(10-37)24-27(38-12-22(35)28(24)47-29)23-21-14-44-13-20(21)19-11-39-30(40-26(19)25(23)36)45-16-33(6-7-33)15-42-8-4-17(34)5-9-42/h11-12,17H,4-9,13-16H2,1-3H3,(H,41,43). The van der Waals surface area contributed by atoms with Crippen LogP contribution in [0.3, 0.4) is 0 Å². The predicted octanol–water partition coefficient (Wildman–Crippen LogP) is 7.03. The van der Waals surface area contributed by atoms with Crippen LogP contribution in [0.1, 0.15) is 63.1 Å². The summed E-state index contributed by atoms with van der Waals surface area (Å²) < 4.78 is 62.7. The van der Waals surface area contributed by atoms with Crippen molar-refractivity contribution >= 4 is 43.4 Å². The van der Waals surface area contributed by atoms with Crippen molar-refractivity contribution in [3.8, 4) is 23.3 Å². The van der Waals surface area contributed by atoms with Crippen LogP contribution in [0.25, 0.3) is 32.2 Å². The molecule has 1 N–H and O–H groups in total. The Hall–Kier alpha value is -4.06. The summed E-state index contributed by atoms with van der Waals surface area (Å²) >= 11 is 0.840. The first kappa shape index (κ1) is 31.5. The van der Waals surface area contributed by atoms with Gasteiger partial charge in [0.25, 0.3) is 0 Å². The van der Waals surface area contributed by atoms with Crippen LogP contribution < -0.4 is 10.1 Å². The van der Waals surface area contributed by atoms with Gasteiger partial charge < -0.3 is 19.1 Å². The summed E-state index contributed by atoms with van der Waals surface area (Å²) in [5.41, 5.74) is 0.272. The van der Waals surface area contributed by atoms with E-state index >= 15 is 8.78 Å². The third-order valence-electron chi connectivity index (χ3n) is 8.85. The van der Waals surface area contributed by atoms with Gasteiger partial charge in [0.1, 0.15) is 28.4 Å². The number of thiophene rings is 1. The first-order chi connectivity index (χ1) is 22.4. The molecule has 3 aliphatic rings. The van der Waals surface area contributed by atoms with Gasteiger partial charge in [-0.2, -0.15) is 10.2 Å². The van der Waals surface area contributed by atoms with E-state index in [1.54, 1.807) is 20.8 Å². The van der Waals surface area contributed by atoms with Crippen LogP contribution in [0.5, 0.6) is 6.01 Å². The number of rotatable bonds is 7. The number of likely N-dealkylation sites (tertiary alicyclic amines) is 1. The topological polar surface area (TPSA) is 122 Å². The normalized spacial score (nSPS) is 17.9.